The SMILES string of the molecule is CC(=O)C1=Cc2ccc(Br)cc2N=C(NC(=O)OC(C)(C)C)C1.CC(=O)C1=Cc2ccc(SCc3ccccc3)cc2N=C(NC(=O)OC(C)(C)C)C1.CNCc1ccc2c(c1)N=C(NC(=O)OC(C)(C)C)CC(C(C)=O)=C2.CNCc1ccc2c(c1)N=C(NC(=O)OC(C)(C)C)CC(C(C)=O)=C2.CP=S.O=CC(F)(F)F. The molecule has 23 nitrogen and oxygen atoms in total. The lowest BCUT2D eigenvalue weighted by Gasteiger charge is -2.20. The van der Waals surface area contributed by atoms with Gasteiger partial charge in [0.15, 0.2) is 23.1 Å². The van der Waals surface area contributed by atoms with Gasteiger partial charge < -0.3 is 29.6 Å². The first kappa shape index (κ1) is 94.6. The van der Waals surface area contributed by atoms with Crippen molar-refractivity contribution in [2.45, 2.75) is 189 Å². The number of halogens is 4. The van der Waals surface area contributed by atoms with Gasteiger partial charge in [-0.2, -0.15) is 13.2 Å². The number of ether oxygens (including phenoxy) is 4. The highest BCUT2D eigenvalue weighted by molar-refractivity contribution is 9.10. The first-order valence-electron chi connectivity index (χ1n) is 35.2. The molecular formula is C82H99BrF3N10O13PS2. The Hall–Kier alpha value is -9.77. The topological polar surface area (TPSA) is 312 Å². The van der Waals surface area contributed by atoms with Crippen LogP contribution in [0.1, 0.15) is 175 Å². The van der Waals surface area contributed by atoms with Crippen molar-refractivity contribution >= 4 is 171 Å². The molecule has 6 N–H and O–H groups in total. The van der Waals surface area contributed by atoms with Crippen LogP contribution in [0.3, 0.4) is 0 Å². The number of carbonyl (C=O) groups excluding carboxylic acids is 9. The number of benzene rings is 5. The number of carbonyl (C=O) groups is 9. The van der Waals surface area contributed by atoms with E-state index in [0.29, 0.717) is 64.4 Å². The number of aldehydes is 1. The van der Waals surface area contributed by atoms with Gasteiger partial charge in [-0.05, 0) is 216 Å². The number of alkyl halides is 3. The standard InChI is InChI=1S/C24H26N2O3S.2C19H25N3O3.C17H19BrN2O3.C2HF3O.CH3PS/c1-16(27)19-12-18-10-11-20(30-15-17-8-6-5-7-9-17)14-21(18)25-22(13-19)26-23(28)29-24(2,3)4;2*1-12(23)15-9-14-7-6-13(11-20-5)8-16(14)21-17(10-15)22-18(24)25-19(2,3)4;1-10(21)12-7-11-5-6-13(18)9-14(11)19-15(8-12)20-16(22)23-17(2,3)4;3-2(4,5)1-6;1-2-3/h5-12,14H,13,15H2,1-4H3,(H,25,26,28);2*6-9,20H,10-11H2,1-5H3,(H,21,22,24);5-7,9H,8H2,1-4H3,(H,19,20,22);1H;1H3. The van der Waals surface area contributed by atoms with Crippen LogP contribution in [0.25, 0.3) is 24.3 Å². The lowest BCUT2D eigenvalue weighted by atomic mass is 10.0. The van der Waals surface area contributed by atoms with Crippen LogP contribution in [0.15, 0.2) is 155 Å². The number of alkyl carbamates (subject to hydrolysis) is 4. The van der Waals surface area contributed by atoms with E-state index in [2.05, 4.69) is 91.7 Å². The van der Waals surface area contributed by atoms with Crippen LogP contribution in [-0.2, 0) is 73.6 Å². The molecule has 0 bridgehead atoms. The molecule has 0 saturated heterocycles. The molecule has 600 valence electrons. The fourth-order valence-corrected chi connectivity index (χ4v) is 11.1. The number of hydrogen-bond donors (Lipinski definition) is 6. The smallest absolute Gasteiger partial charge is 0.444 e. The molecule has 9 rings (SSSR count). The summed E-state index contributed by atoms with van der Waals surface area (Å²) < 4.78 is 53.3. The van der Waals surface area contributed by atoms with Crippen molar-refractivity contribution in [1.82, 2.24) is 31.9 Å². The fourth-order valence-electron chi connectivity index (χ4n) is 9.85. The number of Topliss-reactive ketones (excluding diaryl/α,β-unsaturated/α-hetero) is 4. The number of fused-ring (bicyclic) bond motifs is 4. The number of nitrogens with zero attached hydrogens (tertiary/aromatic N) is 4. The fraction of sp³-hybridized carbons (Fsp3) is 0.378. The summed E-state index contributed by atoms with van der Waals surface area (Å²) in [6.45, 7) is 30.9. The Morgan fingerprint density at radius 2 is 0.732 bits per heavy atom. The summed E-state index contributed by atoms with van der Waals surface area (Å²) in [5.74, 6) is 2.22. The summed E-state index contributed by atoms with van der Waals surface area (Å²) in [5.41, 5.74) is 9.54. The molecule has 5 aromatic rings. The maximum absolute atomic E-state index is 12.2. The highest BCUT2D eigenvalue weighted by Gasteiger charge is 2.28. The third kappa shape index (κ3) is 36.6. The Morgan fingerprint density at radius 3 is 1.01 bits per heavy atom. The van der Waals surface area contributed by atoms with Gasteiger partial charge in [0, 0.05) is 98.4 Å². The van der Waals surface area contributed by atoms with E-state index in [1.165, 1.54) is 33.3 Å². The molecule has 0 radical (unpaired) electrons. The van der Waals surface area contributed by atoms with Crippen molar-refractivity contribution in [2.75, 3.05) is 20.8 Å². The molecule has 0 atom stereocenters. The first-order chi connectivity index (χ1) is 52.2. The van der Waals surface area contributed by atoms with Crippen molar-refractivity contribution in [3.05, 3.63) is 169 Å². The number of rotatable bonds is 11. The molecule has 0 unspecified atom stereocenters. The number of aliphatic imine (C=N–C) groups is 4. The molecule has 0 spiro atoms. The van der Waals surface area contributed by atoms with Crippen LogP contribution < -0.4 is 31.9 Å². The third-order valence-electron chi connectivity index (χ3n) is 14.5. The molecule has 4 aliphatic rings. The predicted octanol–water partition coefficient (Wildman–Crippen LogP) is 18.7. The monoisotopic (exact) mass is 1660 g/mol. The van der Waals surface area contributed by atoms with Gasteiger partial charge in [-0.3, -0.25) is 45.2 Å². The van der Waals surface area contributed by atoms with Gasteiger partial charge in [0.2, 0.25) is 6.29 Å². The summed E-state index contributed by atoms with van der Waals surface area (Å²) in [7, 11) is 4.75. The van der Waals surface area contributed by atoms with Crippen LogP contribution in [0.2, 0.25) is 0 Å². The van der Waals surface area contributed by atoms with E-state index in [9.17, 15) is 51.5 Å². The minimum absolute atomic E-state index is 0.0501. The van der Waals surface area contributed by atoms with Gasteiger partial charge >= 0.3 is 30.5 Å². The van der Waals surface area contributed by atoms with Gasteiger partial charge in [0.05, 0.1) is 22.7 Å². The van der Waals surface area contributed by atoms with E-state index in [1.54, 1.807) is 101 Å². The van der Waals surface area contributed by atoms with Crippen molar-refractivity contribution in [1.29, 1.82) is 0 Å². The van der Waals surface area contributed by atoms with Crippen molar-refractivity contribution < 1.29 is 75.3 Å². The largest absolute Gasteiger partial charge is 0.446 e. The van der Waals surface area contributed by atoms with E-state index in [1.807, 2.05) is 130 Å². The number of thioether (sulfide) groups is 1. The first-order valence-corrected chi connectivity index (χ1v) is 39.4. The molecule has 30 heteroatoms. The normalized spacial score (nSPS) is 13.5. The Morgan fingerprint density at radius 1 is 0.455 bits per heavy atom. The Balaban J connectivity index is 0.000000304. The summed E-state index contributed by atoms with van der Waals surface area (Å²) in [5, 5.41) is 16.9. The van der Waals surface area contributed by atoms with Gasteiger partial charge in [0.1, 0.15) is 45.7 Å². The summed E-state index contributed by atoms with van der Waals surface area (Å²) in [4.78, 5) is 124. The zero-order valence-corrected chi connectivity index (χ0v) is 70.6. The Labute approximate surface area is 672 Å². The van der Waals surface area contributed by atoms with Gasteiger partial charge in [-0.25, -0.2) is 39.1 Å². The van der Waals surface area contributed by atoms with E-state index >= 15 is 0 Å². The van der Waals surface area contributed by atoms with Crippen molar-refractivity contribution in [2.24, 2.45) is 20.0 Å². The molecule has 5 aromatic carbocycles. The molecule has 0 fully saturated rings. The van der Waals surface area contributed by atoms with E-state index in [-0.39, 0.29) is 48.8 Å². The zero-order chi connectivity index (χ0) is 84.1. The number of amides is 4. The maximum Gasteiger partial charge on any atom is 0.446 e. The maximum atomic E-state index is 12.2. The summed E-state index contributed by atoms with van der Waals surface area (Å²) >= 11 is 9.48. The molecule has 0 aromatic heterocycles. The molecule has 4 amide bonds. The number of nitrogens with one attached hydrogen (secondary N) is 6. The van der Waals surface area contributed by atoms with Crippen LogP contribution in [0, 0.1) is 0 Å². The number of ketones is 4. The Kier molecular flexibility index (Phi) is 37.1. The molecular weight excluding hydrogens is 1560 g/mol. The molecule has 112 heavy (non-hydrogen) atoms. The summed E-state index contributed by atoms with van der Waals surface area (Å²) in [6.07, 6.45) is 0.280. The van der Waals surface area contributed by atoms with Crippen molar-refractivity contribution in [3.8, 4) is 0 Å². The van der Waals surface area contributed by atoms with Crippen LogP contribution >= 0.6 is 35.0 Å². The zero-order valence-electron chi connectivity index (χ0n) is 66.5. The third-order valence-corrected chi connectivity index (χ3v) is 16.0. The van der Waals surface area contributed by atoms with Crippen LogP contribution in [0.5, 0.6) is 0 Å². The molecule has 0 saturated carbocycles. The average molecular weight is 1660 g/mol. The Bertz CT molecular complexity index is 4420. The highest BCUT2D eigenvalue weighted by atomic mass is 79.9. The van der Waals surface area contributed by atoms with Crippen LogP contribution in [-0.4, -0.2) is 126 Å². The quantitative estimate of drug-likeness (QED) is 0.0310. The van der Waals surface area contributed by atoms with E-state index in [4.69, 9.17) is 23.7 Å². The minimum atomic E-state index is -4.64. The van der Waals surface area contributed by atoms with E-state index in [0.717, 1.165) is 72.9 Å². The van der Waals surface area contributed by atoms with Crippen LogP contribution in [0.4, 0.5) is 55.1 Å². The number of hydrogen-bond acceptors (Lipinski definition) is 21. The van der Waals surface area contributed by atoms with Gasteiger partial charge in [-0.15, -0.1) is 11.8 Å². The minimum Gasteiger partial charge on any atom is -0.444 e. The molecule has 4 aliphatic heterocycles. The van der Waals surface area contributed by atoms with E-state index < -0.39 is 59.2 Å². The molecule has 4 heterocycles. The lowest BCUT2D eigenvalue weighted by Crippen LogP contribution is -2.36. The number of amidine groups is 4. The van der Waals surface area contributed by atoms with Gasteiger partial charge in [0.25, 0.3) is 0 Å². The second-order valence-corrected chi connectivity index (χ2v) is 32.7. The predicted molar refractivity (Wildman–Crippen MR) is 446 cm³/mol. The second kappa shape index (κ2) is 43.9. The van der Waals surface area contributed by atoms with Crippen molar-refractivity contribution in [3.63, 3.8) is 0 Å². The average Bonchev–Trinajstić information content (AvgIpc) is 1.69. The highest BCUT2D eigenvalue weighted by Crippen LogP contribution is 2.35. The second-order valence-electron chi connectivity index (χ2n) is 29.2. The summed E-state index contributed by atoms with van der Waals surface area (Å²) in [6, 6.07) is 33.6. The molecule has 0 aliphatic carbocycles. The lowest BCUT2D eigenvalue weighted by molar-refractivity contribution is -0.156. The van der Waals surface area contributed by atoms with Gasteiger partial charge in [-0.1, -0.05) is 94.5 Å².